The third-order valence-electron chi connectivity index (χ3n) is 5.51. The minimum Gasteiger partial charge on any atom is -0.480 e. The first-order valence-electron chi connectivity index (χ1n) is 11.0. The van der Waals surface area contributed by atoms with E-state index in [4.69, 9.17) is 15.2 Å². The lowest BCUT2D eigenvalue weighted by Gasteiger charge is -2.32. The summed E-state index contributed by atoms with van der Waals surface area (Å²) >= 11 is 0. The van der Waals surface area contributed by atoms with Crippen molar-refractivity contribution in [2.75, 3.05) is 12.1 Å². The highest BCUT2D eigenvalue weighted by Crippen LogP contribution is 2.40. The summed E-state index contributed by atoms with van der Waals surface area (Å²) in [5.74, 6) is -1.49. The molecule has 2 heterocycles. The van der Waals surface area contributed by atoms with Crippen LogP contribution in [0, 0.1) is 0 Å². The zero-order chi connectivity index (χ0) is 25.1. The van der Waals surface area contributed by atoms with Crippen LogP contribution in [0.4, 0.5) is 5.82 Å². The number of ether oxygens (including phenoxy) is 2. The number of nitrogens with zero attached hydrogens (tertiary/aromatic N) is 4. The molecule has 1 aliphatic carbocycles. The van der Waals surface area contributed by atoms with Crippen LogP contribution in [0.1, 0.15) is 47.0 Å². The highest BCUT2D eigenvalue weighted by atomic mass is 31.2. The van der Waals surface area contributed by atoms with Gasteiger partial charge < -0.3 is 24.9 Å². The van der Waals surface area contributed by atoms with Gasteiger partial charge in [0.25, 0.3) is 0 Å². The van der Waals surface area contributed by atoms with Gasteiger partial charge in [-0.2, -0.15) is 0 Å². The number of hydrogen-bond donors (Lipinski definition) is 4. The molecule has 14 heteroatoms. The molecule has 3 rings (SSSR count). The monoisotopic (exact) mass is 497 g/mol. The highest BCUT2D eigenvalue weighted by Gasteiger charge is 2.38. The van der Waals surface area contributed by atoms with Gasteiger partial charge >= 0.3 is 11.9 Å². The van der Waals surface area contributed by atoms with Crippen molar-refractivity contribution in [3.8, 4) is 0 Å². The number of carbonyl (C=O) groups excluding carboxylic acids is 1. The Kier molecular flexibility index (Phi) is 7.91. The Balaban J connectivity index is 1.68. The second-order valence-electron chi connectivity index (χ2n) is 9.06. The number of rotatable bonds is 12. The maximum atomic E-state index is 13.7. The molecular formula is C20H32N7O6P. The van der Waals surface area contributed by atoms with Crippen molar-refractivity contribution < 1.29 is 28.7 Å². The first-order chi connectivity index (χ1) is 15.9. The number of fused-ring (bicyclic) bond motifs is 1. The third kappa shape index (κ3) is 6.29. The number of carboxylic acid groups (broad SMARTS) is 1. The standard InChI is InChI=1S/C20H32N7O6P/c1-12(8-27-10-24-15-16(21)22-9-23-17(15)27)32-11-34(31,26-20(3,4)19(29)30)25-13(2)18(28)33-14-6-5-7-14/h9-10,12-14H,5-8,11H2,1-4H3,(H,29,30)(H2,21,22,23)(H2,25,26,31)/t12-,13-,34-/m1/s1. The number of imidazole rings is 1. The van der Waals surface area contributed by atoms with Crippen LogP contribution in [-0.4, -0.2) is 66.7 Å². The van der Waals surface area contributed by atoms with Gasteiger partial charge in [0, 0.05) is 0 Å². The second kappa shape index (κ2) is 10.3. The maximum Gasteiger partial charge on any atom is 0.323 e. The lowest BCUT2D eigenvalue weighted by Crippen LogP contribution is -2.50. The topological polar surface area (TPSA) is 184 Å². The van der Waals surface area contributed by atoms with Crippen molar-refractivity contribution in [2.45, 2.75) is 77.3 Å². The van der Waals surface area contributed by atoms with Crippen LogP contribution in [0.3, 0.4) is 0 Å². The number of anilines is 1. The van der Waals surface area contributed by atoms with Gasteiger partial charge in [-0.25, -0.2) is 25.1 Å². The van der Waals surface area contributed by atoms with Gasteiger partial charge in [0.1, 0.15) is 35.9 Å². The average Bonchev–Trinajstić information content (AvgIpc) is 3.12. The number of aromatic nitrogens is 4. The Morgan fingerprint density at radius 1 is 1.32 bits per heavy atom. The van der Waals surface area contributed by atoms with E-state index in [-0.39, 0.29) is 18.3 Å². The molecule has 3 atom stereocenters. The summed E-state index contributed by atoms with van der Waals surface area (Å²) in [5.41, 5.74) is 5.27. The summed E-state index contributed by atoms with van der Waals surface area (Å²) in [5, 5.41) is 14.9. The van der Waals surface area contributed by atoms with Crippen molar-refractivity contribution in [1.82, 2.24) is 29.7 Å². The van der Waals surface area contributed by atoms with E-state index in [1.807, 2.05) is 0 Å². The van der Waals surface area contributed by atoms with Crippen molar-refractivity contribution in [1.29, 1.82) is 0 Å². The number of nitrogens with two attached hydrogens (primary N) is 1. The summed E-state index contributed by atoms with van der Waals surface area (Å²) in [6, 6.07) is -0.931. The number of esters is 1. The Hall–Kier alpha value is -2.60. The Morgan fingerprint density at radius 3 is 2.65 bits per heavy atom. The van der Waals surface area contributed by atoms with E-state index in [2.05, 4.69) is 25.1 Å². The lowest BCUT2D eigenvalue weighted by molar-refractivity contribution is -0.154. The average molecular weight is 497 g/mol. The largest absolute Gasteiger partial charge is 0.480 e. The zero-order valence-corrected chi connectivity index (χ0v) is 20.6. The zero-order valence-electron chi connectivity index (χ0n) is 19.7. The summed E-state index contributed by atoms with van der Waals surface area (Å²) in [6.07, 6.45) is 4.55. The van der Waals surface area contributed by atoms with E-state index in [9.17, 15) is 19.3 Å². The summed E-state index contributed by atoms with van der Waals surface area (Å²) in [4.78, 5) is 36.3. The van der Waals surface area contributed by atoms with E-state index in [1.165, 1.54) is 27.1 Å². The van der Waals surface area contributed by atoms with E-state index < -0.39 is 37.1 Å². The predicted molar refractivity (Wildman–Crippen MR) is 124 cm³/mol. The molecule has 2 aromatic rings. The molecule has 0 unspecified atom stereocenters. The Morgan fingerprint density at radius 2 is 2.03 bits per heavy atom. The van der Waals surface area contributed by atoms with E-state index in [1.54, 1.807) is 17.8 Å². The number of hydrogen-bond acceptors (Lipinski definition) is 9. The van der Waals surface area contributed by atoms with Crippen LogP contribution in [0.25, 0.3) is 11.2 Å². The molecule has 0 radical (unpaired) electrons. The van der Waals surface area contributed by atoms with Gasteiger partial charge in [0.15, 0.2) is 11.5 Å². The van der Waals surface area contributed by atoms with Crippen LogP contribution in [0.2, 0.25) is 0 Å². The molecule has 1 fully saturated rings. The van der Waals surface area contributed by atoms with Crippen molar-refractivity contribution in [3.63, 3.8) is 0 Å². The number of nitrogens with one attached hydrogen (secondary N) is 2. The van der Waals surface area contributed by atoms with Crippen LogP contribution in [0.5, 0.6) is 0 Å². The number of carboxylic acids is 1. The smallest absolute Gasteiger partial charge is 0.323 e. The van der Waals surface area contributed by atoms with Crippen molar-refractivity contribution >= 4 is 36.4 Å². The molecular weight excluding hydrogens is 465 g/mol. The van der Waals surface area contributed by atoms with E-state index >= 15 is 0 Å². The Labute approximate surface area is 197 Å². The molecule has 0 bridgehead atoms. The molecule has 0 saturated heterocycles. The van der Waals surface area contributed by atoms with Gasteiger partial charge in [-0.3, -0.25) is 14.2 Å². The summed E-state index contributed by atoms with van der Waals surface area (Å²) < 4.78 is 26.6. The molecule has 188 valence electrons. The fraction of sp³-hybridized carbons (Fsp3) is 0.650. The van der Waals surface area contributed by atoms with Crippen LogP contribution in [-0.2, 0) is 30.2 Å². The quantitative estimate of drug-likeness (QED) is 0.245. The third-order valence-corrected chi connectivity index (χ3v) is 7.75. The molecule has 34 heavy (non-hydrogen) atoms. The van der Waals surface area contributed by atoms with E-state index in [0.717, 1.165) is 19.3 Å². The molecule has 0 aliphatic heterocycles. The minimum atomic E-state index is -3.71. The SMILES string of the molecule is C[C@H](Cn1cnc2c(N)ncnc21)OC[P@@](=O)(N[C@H](C)C(=O)OC1CCC1)NC(C)(C)C(=O)O. The first-order valence-corrected chi connectivity index (χ1v) is 12.9. The Bertz CT molecular complexity index is 1090. The fourth-order valence-electron chi connectivity index (χ4n) is 3.32. The molecule has 2 aromatic heterocycles. The molecule has 5 N–H and O–H groups in total. The van der Waals surface area contributed by atoms with Gasteiger partial charge in [0.2, 0.25) is 7.44 Å². The van der Waals surface area contributed by atoms with Crippen molar-refractivity contribution in [2.24, 2.45) is 0 Å². The van der Waals surface area contributed by atoms with Crippen LogP contribution in [0.15, 0.2) is 12.7 Å². The highest BCUT2D eigenvalue weighted by molar-refractivity contribution is 7.59. The number of aliphatic carboxylic acids is 1. The number of carbonyl (C=O) groups is 2. The van der Waals surface area contributed by atoms with Crippen molar-refractivity contribution in [3.05, 3.63) is 12.7 Å². The molecule has 0 spiro atoms. The minimum absolute atomic E-state index is 0.126. The van der Waals surface area contributed by atoms with Crippen LogP contribution >= 0.6 is 7.44 Å². The number of nitrogen functional groups attached to an aromatic ring is 1. The molecule has 13 nitrogen and oxygen atoms in total. The lowest BCUT2D eigenvalue weighted by atomic mass is 9.96. The first kappa shape index (κ1) is 26.0. The summed E-state index contributed by atoms with van der Waals surface area (Å²) in [6.45, 7) is 6.36. The molecule has 0 aromatic carbocycles. The van der Waals surface area contributed by atoms with Gasteiger partial charge in [-0.1, -0.05) is 0 Å². The normalized spacial score (nSPS) is 18.1. The molecule has 1 aliphatic rings. The molecule has 0 amide bonds. The summed E-state index contributed by atoms with van der Waals surface area (Å²) in [7, 11) is -3.71. The molecule has 1 saturated carbocycles. The predicted octanol–water partition coefficient (Wildman–Crippen LogP) is 1.49. The van der Waals surface area contributed by atoms with Crippen LogP contribution < -0.4 is 15.9 Å². The van der Waals surface area contributed by atoms with Gasteiger partial charge in [-0.05, 0) is 47.0 Å². The van der Waals surface area contributed by atoms with E-state index in [0.29, 0.717) is 17.7 Å². The maximum absolute atomic E-state index is 13.7. The van der Waals surface area contributed by atoms with Gasteiger partial charge in [-0.15, -0.1) is 0 Å². The fourth-order valence-corrected chi connectivity index (χ4v) is 5.71. The van der Waals surface area contributed by atoms with Gasteiger partial charge in [0.05, 0.1) is 19.0 Å². The second-order valence-corrected chi connectivity index (χ2v) is 11.3.